The van der Waals surface area contributed by atoms with Gasteiger partial charge in [0.1, 0.15) is 11.9 Å². The maximum absolute atomic E-state index is 11.3. The van der Waals surface area contributed by atoms with Crippen molar-refractivity contribution in [1.29, 1.82) is 0 Å². The van der Waals surface area contributed by atoms with E-state index in [1.165, 1.54) is 19.3 Å². The Morgan fingerprint density at radius 1 is 1.46 bits per heavy atom. The van der Waals surface area contributed by atoms with Gasteiger partial charge in [-0.05, 0) is 44.0 Å². The lowest BCUT2D eigenvalue weighted by molar-refractivity contribution is 0.0835. The van der Waals surface area contributed by atoms with Crippen LogP contribution >= 0.6 is 11.3 Å². The molecule has 0 bridgehead atoms. The predicted molar refractivity (Wildman–Crippen MR) is 93.8 cm³/mol. The fraction of sp³-hybridized carbons (Fsp3) is 0.500. The fourth-order valence-electron chi connectivity index (χ4n) is 3.36. The number of thiophene rings is 1. The van der Waals surface area contributed by atoms with Crippen molar-refractivity contribution in [3.05, 3.63) is 46.0 Å². The number of amides is 1. The summed E-state index contributed by atoms with van der Waals surface area (Å²) in [7, 11) is 0. The zero-order chi connectivity index (χ0) is 16.9. The van der Waals surface area contributed by atoms with Crippen LogP contribution in [0.25, 0.3) is 0 Å². The lowest BCUT2D eigenvalue weighted by Gasteiger charge is -2.30. The van der Waals surface area contributed by atoms with Gasteiger partial charge < -0.3 is 15.3 Å². The molecule has 3 heterocycles. The maximum atomic E-state index is 11.3. The number of nitrogens with two attached hydrogens (primary N) is 1. The number of hydrogen-bond donors (Lipinski definition) is 2. The largest absolute Gasteiger partial charge is 0.467 e. The van der Waals surface area contributed by atoms with Gasteiger partial charge in [0.15, 0.2) is 0 Å². The van der Waals surface area contributed by atoms with Crippen LogP contribution in [0.4, 0.5) is 0 Å². The van der Waals surface area contributed by atoms with E-state index < -0.39 is 6.10 Å². The van der Waals surface area contributed by atoms with E-state index in [1.54, 1.807) is 23.7 Å². The molecule has 0 aromatic carbocycles. The number of hydrogen-bond acceptors (Lipinski definition) is 5. The molecular weight excluding hydrogens is 324 g/mol. The molecule has 6 heteroatoms. The Balaban J connectivity index is 1.68. The van der Waals surface area contributed by atoms with Crippen molar-refractivity contribution < 1.29 is 14.3 Å². The highest BCUT2D eigenvalue weighted by atomic mass is 32.1. The minimum absolute atomic E-state index is 0.312. The summed E-state index contributed by atoms with van der Waals surface area (Å²) < 4.78 is 5.33. The third-order valence-electron chi connectivity index (χ3n) is 4.66. The van der Waals surface area contributed by atoms with Gasteiger partial charge >= 0.3 is 0 Å². The molecule has 2 aromatic rings. The van der Waals surface area contributed by atoms with E-state index in [9.17, 15) is 9.90 Å². The Labute approximate surface area is 146 Å². The van der Waals surface area contributed by atoms with Crippen LogP contribution in [0, 0.1) is 0 Å². The molecule has 1 aliphatic heterocycles. The number of carbonyl (C=O) groups excluding carboxylic acids is 1. The zero-order valence-electron chi connectivity index (χ0n) is 13.7. The van der Waals surface area contributed by atoms with Gasteiger partial charge in [0, 0.05) is 22.8 Å². The second kappa shape index (κ2) is 7.96. The molecular formula is C18H24N2O3S. The number of carbonyl (C=O) groups is 1. The van der Waals surface area contributed by atoms with E-state index in [0.717, 1.165) is 24.4 Å². The van der Waals surface area contributed by atoms with Gasteiger partial charge in [0.25, 0.3) is 0 Å². The third-order valence-corrected chi connectivity index (χ3v) is 5.58. The van der Waals surface area contributed by atoms with Gasteiger partial charge in [-0.3, -0.25) is 9.69 Å². The normalized spacial score (nSPS) is 20.6. The average Bonchev–Trinajstić information content (AvgIpc) is 3.20. The SMILES string of the molecule is NC(=O)c1csc(CN2CCCCCC2CC(O)c2ccco2)c1. The van der Waals surface area contributed by atoms with Gasteiger partial charge in [-0.2, -0.15) is 0 Å². The number of aliphatic hydroxyl groups excluding tert-OH is 1. The van der Waals surface area contributed by atoms with E-state index in [-0.39, 0.29) is 5.91 Å². The summed E-state index contributed by atoms with van der Waals surface area (Å²) in [5.41, 5.74) is 5.92. The Bertz CT molecular complexity index is 653. The summed E-state index contributed by atoms with van der Waals surface area (Å²) in [5, 5.41) is 12.3. The zero-order valence-corrected chi connectivity index (χ0v) is 14.5. The van der Waals surface area contributed by atoms with Crippen LogP contribution in [0.1, 0.15) is 59.2 Å². The highest BCUT2D eigenvalue weighted by Crippen LogP contribution is 2.28. The summed E-state index contributed by atoms with van der Waals surface area (Å²) in [5.74, 6) is 0.254. The molecule has 2 aromatic heterocycles. The number of likely N-dealkylation sites (tertiary alicyclic amines) is 1. The second-order valence-electron chi connectivity index (χ2n) is 6.41. The molecule has 5 nitrogen and oxygen atoms in total. The van der Waals surface area contributed by atoms with E-state index >= 15 is 0 Å². The van der Waals surface area contributed by atoms with Crippen molar-refractivity contribution in [2.24, 2.45) is 5.73 Å². The Kier molecular flexibility index (Phi) is 5.71. The van der Waals surface area contributed by atoms with Crippen molar-refractivity contribution >= 4 is 17.2 Å². The molecule has 0 saturated carbocycles. The van der Waals surface area contributed by atoms with Crippen LogP contribution in [0.15, 0.2) is 34.3 Å². The summed E-state index contributed by atoms with van der Waals surface area (Å²) in [6.45, 7) is 1.81. The van der Waals surface area contributed by atoms with Gasteiger partial charge in [0.2, 0.25) is 5.91 Å². The summed E-state index contributed by atoms with van der Waals surface area (Å²) in [4.78, 5) is 14.8. The molecule has 1 fully saturated rings. The van der Waals surface area contributed by atoms with Crippen LogP contribution < -0.4 is 5.73 Å². The third kappa shape index (κ3) is 4.26. The highest BCUT2D eigenvalue weighted by Gasteiger charge is 2.25. The minimum Gasteiger partial charge on any atom is -0.467 e. The van der Waals surface area contributed by atoms with Crippen molar-refractivity contribution in [3.63, 3.8) is 0 Å². The first-order chi connectivity index (χ1) is 11.6. The Morgan fingerprint density at radius 2 is 2.33 bits per heavy atom. The molecule has 24 heavy (non-hydrogen) atoms. The fourth-order valence-corrected chi connectivity index (χ4v) is 4.26. The molecule has 1 aliphatic rings. The van der Waals surface area contributed by atoms with E-state index in [4.69, 9.17) is 10.2 Å². The molecule has 2 unspecified atom stereocenters. The first-order valence-corrected chi connectivity index (χ1v) is 9.34. The van der Waals surface area contributed by atoms with Crippen molar-refractivity contribution in [1.82, 2.24) is 4.90 Å². The molecule has 3 N–H and O–H groups in total. The number of primary amides is 1. The van der Waals surface area contributed by atoms with Crippen molar-refractivity contribution in [2.45, 2.75) is 50.8 Å². The molecule has 0 spiro atoms. The number of nitrogens with zero attached hydrogens (tertiary/aromatic N) is 1. The first-order valence-electron chi connectivity index (χ1n) is 8.46. The minimum atomic E-state index is -0.574. The van der Waals surface area contributed by atoms with Gasteiger partial charge in [-0.15, -0.1) is 11.3 Å². The van der Waals surface area contributed by atoms with Crippen molar-refractivity contribution in [3.8, 4) is 0 Å². The average molecular weight is 348 g/mol. The predicted octanol–water partition coefficient (Wildman–Crippen LogP) is 3.31. The summed E-state index contributed by atoms with van der Waals surface area (Å²) >= 11 is 1.57. The second-order valence-corrected chi connectivity index (χ2v) is 7.40. The van der Waals surface area contributed by atoms with E-state index in [1.807, 2.05) is 17.5 Å². The first kappa shape index (κ1) is 17.2. The molecule has 1 amide bonds. The Hall–Kier alpha value is -1.63. The van der Waals surface area contributed by atoms with E-state index in [2.05, 4.69) is 4.90 Å². The van der Waals surface area contributed by atoms with Gasteiger partial charge in [-0.25, -0.2) is 0 Å². The van der Waals surface area contributed by atoms with Crippen molar-refractivity contribution in [2.75, 3.05) is 6.54 Å². The van der Waals surface area contributed by atoms with Crippen LogP contribution in [0.5, 0.6) is 0 Å². The smallest absolute Gasteiger partial charge is 0.249 e. The van der Waals surface area contributed by atoms with Crippen LogP contribution in [-0.2, 0) is 6.54 Å². The molecule has 0 aliphatic carbocycles. The lowest BCUT2D eigenvalue weighted by Crippen LogP contribution is -2.35. The molecule has 1 saturated heterocycles. The quantitative estimate of drug-likeness (QED) is 0.839. The summed E-state index contributed by atoms with van der Waals surface area (Å²) in [6.07, 6.45) is 6.34. The number of furan rings is 1. The molecule has 3 rings (SSSR count). The topological polar surface area (TPSA) is 79.7 Å². The standard InChI is InChI=1S/C18H24N2O3S/c19-18(22)13-9-15(24-12-13)11-20-7-3-1-2-5-14(20)10-16(21)17-6-4-8-23-17/h4,6,8-9,12,14,16,21H,1-3,5,7,10-11H2,(H2,19,22). The number of aliphatic hydroxyl groups is 1. The van der Waals surface area contributed by atoms with E-state index in [0.29, 0.717) is 23.8 Å². The van der Waals surface area contributed by atoms with Gasteiger partial charge in [0.05, 0.1) is 11.8 Å². The molecule has 0 radical (unpaired) electrons. The maximum Gasteiger partial charge on any atom is 0.249 e. The lowest BCUT2D eigenvalue weighted by atomic mass is 10.0. The molecule has 2 atom stereocenters. The summed E-state index contributed by atoms with van der Waals surface area (Å²) in [6, 6.07) is 5.83. The number of rotatable bonds is 6. The van der Waals surface area contributed by atoms with Crippen LogP contribution in [0.3, 0.4) is 0 Å². The monoisotopic (exact) mass is 348 g/mol. The van der Waals surface area contributed by atoms with Crippen LogP contribution in [-0.4, -0.2) is 28.5 Å². The van der Waals surface area contributed by atoms with Crippen LogP contribution in [0.2, 0.25) is 0 Å². The Morgan fingerprint density at radius 3 is 3.04 bits per heavy atom. The van der Waals surface area contributed by atoms with Gasteiger partial charge in [-0.1, -0.05) is 12.8 Å². The highest BCUT2D eigenvalue weighted by molar-refractivity contribution is 7.10. The molecule has 130 valence electrons.